The maximum absolute atomic E-state index is 5.50. The minimum absolute atomic E-state index is 0.667. The molecule has 2 heterocycles. The minimum atomic E-state index is 0.667. The molecule has 0 aromatic carbocycles. The maximum Gasteiger partial charge on any atom is 0.0544 e. The molecule has 0 spiro atoms. The van der Waals surface area contributed by atoms with Crippen molar-refractivity contribution >= 4 is 0 Å². The lowest BCUT2D eigenvalue weighted by atomic mass is 10.3. The molecular formula is C16H23N5. The molecule has 3 N–H and O–H groups in total. The minimum Gasteiger partial charge on any atom is -0.329 e. The summed E-state index contributed by atoms with van der Waals surface area (Å²) < 4.78 is 0. The van der Waals surface area contributed by atoms with Crippen molar-refractivity contribution in [3.63, 3.8) is 0 Å². The van der Waals surface area contributed by atoms with Crippen LogP contribution in [0.5, 0.6) is 0 Å². The van der Waals surface area contributed by atoms with Crippen LogP contribution in [0, 0.1) is 0 Å². The number of nitrogens with two attached hydrogens (primary N) is 1. The van der Waals surface area contributed by atoms with Crippen LogP contribution in [0.4, 0.5) is 0 Å². The van der Waals surface area contributed by atoms with Gasteiger partial charge in [-0.3, -0.25) is 14.9 Å². The van der Waals surface area contributed by atoms with Gasteiger partial charge in [0.1, 0.15) is 0 Å². The number of nitrogens with zero attached hydrogens (tertiary/aromatic N) is 3. The van der Waals surface area contributed by atoms with Crippen molar-refractivity contribution < 1.29 is 0 Å². The highest BCUT2D eigenvalue weighted by Crippen LogP contribution is 2.06. The zero-order valence-electron chi connectivity index (χ0n) is 12.3. The van der Waals surface area contributed by atoms with Crippen molar-refractivity contribution in [2.75, 3.05) is 26.2 Å². The summed E-state index contributed by atoms with van der Waals surface area (Å²) in [5.74, 6) is 0. The molecule has 0 saturated heterocycles. The summed E-state index contributed by atoms with van der Waals surface area (Å²) in [4.78, 5) is 11.1. The van der Waals surface area contributed by atoms with E-state index in [2.05, 4.69) is 32.3 Å². The van der Waals surface area contributed by atoms with Crippen LogP contribution in [0.15, 0.2) is 48.8 Å². The summed E-state index contributed by atoms with van der Waals surface area (Å²) in [5, 5.41) is 3.33. The number of pyridine rings is 2. The predicted octanol–water partition coefficient (Wildman–Crippen LogP) is 1.03. The van der Waals surface area contributed by atoms with Crippen molar-refractivity contribution in [3.05, 3.63) is 60.2 Å². The van der Waals surface area contributed by atoms with E-state index in [1.807, 2.05) is 36.7 Å². The van der Waals surface area contributed by atoms with Gasteiger partial charge in [-0.1, -0.05) is 12.1 Å². The molecule has 0 bridgehead atoms. The molecule has 2 aromatic heterocycles. The van der Waals surface area contributed by atoms with Gasteiger partial charge in [-0.2, -0.15) is 0 Å². The largest absolute Gasteiger partial charge is 0.329 e. The molecular weight excluding hydrogens is 262 g/mol. The first-order chi connectivity index (χ1) is 10.4. The molecule has 5 heteroatoms. The van der Waals surface area contributed by atoms with Gasteiger partial charge >= 0.3 is 0 Å². The van der Waals surface area contributed by atoms with Crippen LogP contribution in [-0.2, 0) is 13.1 Å². The Hall–Kier alpha value is -1.82. The molecule has 2 aromatic rings. The molecule has 0 aliphatic rings. The van der Waals surface area contributed by atoms with Crippen molar-refractivity contribution in [1.82, 2.24) is 20.2 Å². The Balaban J connectivity index is 1.93. The summed E-state index contributed by atoms with van der Waals surface area (Å²) in [7, 11) is 0. The quantitative estimate of drug-likeness (QED) is 0.674. The normalized spacial score (nSPS) is 11.0. The molecule has 0 saturated carbocycles. The molecule has 0 radical (unpaired) electrons. The molecule has 21 heavy (non-hydrogen) atoms. The molecule has 0 aliphatic heterocycles. The van der Waals surface area contributed by atoms with E-state index < -0.39 is 0 Å². The van der Waals surface area contributed by atoms with E-state index in [0.717, 1.165) is 44.1 Å². The fraction of sp³-hybridized carbons (Fsp3) is 0.375. The van der Waals surface area contributed by atoms with E-state index in [-0.39, 0.29) is 0 Å². The summed E-state index contributed by atoms with van der Waals surface area (Å²) in [6.45, 7) is 5.01. The van der Waals surface area contributed by atoms with E-state index in [0.29, 0.717) is 6.54 Å². The van der Waals surface area contributed by atoms with Crippen LogP contribution >= 0.6 is 0 Å². The van der Waals surface area contributed by atoms with Crippen molar-refractivity contribution in [1.29, 1.82) is 0 Å². The standard InChI is InChI=1S/C16H23N5/c17-7-10-18-11-12-21(13-15-5-1-3-8-19-15)14-16-6-2-4-9-20-16/h1-6,8-9,18H,7,10-14,17H2. The highest BCUT2D eigenvalue weighted by molar-refractivity contribution is 5.06. The lowest BCUT2D eigenvalue weighted by molar-refractivity contribution is 0.251. The lowest BCUT2D eigenvalue weighted by Gasteiger charge is -2.21. The van der Waals surface area contributed by atoms with Crippen molar-refractivity contribution in [3.8, 4) is 0 Å². The first-order valence-electron chi connectivity index (χ1n) is 7.31. The third-order valence-corrected chi connectivity index (χ3v) is 3.15. The van der Waals surface area contributed by atoms with Crippen molar-refractivity contribution in [2.24, 2.45) is 5.73 Å². The van der Waals surface area contributed by atoms with Crippen LogP contribution < -0.4 is 11.1 Å². The van der Waals surface area contributed by atoms with Crippen LogP contribution in [0.3, 0.4) is 0 Å². The Kier molecular flexibility index (Phi) is 6.80. The Morgan fingerprint density at radius 2 is 1.52 bits per heavy atom. The number of hydrogen-bond donors (Lipinski definition) is 2. The molecule has 0 amide bonds. The summed E-state index contributed by atoms with van der Waals surface area (Å²) in [6.07, 6.45) is 3.67. The highest BCUT2D eigenvalue weighted by Gasteiger charge is 2.08. The Morgan fingerprint density at radius 3 is 2.00 bits per heavy atom. The molecule has 112 valence electrons. The topological polar surface area (TPSA) is 67.1 Å². The second kappa shape index (κ2) is 9.18. The SMILES string of the molecule is NCCNCCN(Cc1ccccn1)Cc1ccccn1. The average molecular weight is 285 g/mol. The third-order valence-electron chi connectivity index (χ3n) is 3.15. The lowest BCUT2D eigenvalue weighted by Crippen LogP contribution is -2.34. The van der Waals surface area contributed by atoms with E-state index in [4.69, 9.17) is 5.73 Å². The predicted molar refractivity (Wildman–Crippen MR) is 84.5 cm³/mol. The highest BCUT2D eigenvalue weighted by atomic mass is 15.1. The first-order valence-corrected chi connectivity index (χ1v) is 7.31. The maximum atomic E-state index is 5.50. The molecule has 5 nitrogen and oxygen atoms in total. The molecule has 0 atom stereocenters. The molecule has 0 unspecified atom stereocenters. The van der Waals surface area contributed by atoms with Crippen LogP contribution in [0.2, 0.25) is 0 Å². The number of aromatic nitrogens is 2. The van der Waals surface area contributed by atoms with Gasteiger partial charge < -0.3 is 11.1 Å². The zero-order valence-corrected chi connectivity index (χ0v) is 12.3. The molecule has 2 rings (SSSR count). The second-order valence-corrected chi connectivity index (χ2v) is 4.89. The van der Waals surface area contributed by atoms with E-state index in [1.54, 1.807) is 0 Å². The fourth-order valence-corrected chi connectivity index (χ4v) is 2.12. The first kappa shape index (κ1) is 15.6. The zero-order chi connectivity index (χ0) is 14.8. The van der Waals surface area contributed by atoms with Gasteiger partial charge in [0, 0.05) is 51.7 Å². The Bertz CT molecular complexity index is 447. The molecule has 0 aliphatic carbocycles. The van der Waals surface area contributed by atoms with Gasteiger partial charge in [0.15, 0.2) is 0 Å². The fourth-order valence-electron chi connectivity index (χ4n) is 2.12. The number of rotatable bonds is 9. The van der Waals surface area contributed by atoms with Gasteiger partial charge in [0.2, 0.25) is 0 Å². The average Bonchev–Trinajstić information content (AvgIpc) is 2.53. The van der Waals surface area contributed by atoms with Gasteiger partial charge in [0.25, 0.3) is 0 Å². The summed E-state index contributed by atoms with van der Waals surface area (Å²) in [6, 6.07) is 12.0. The van der Waals surface area contributed by atoms with E-state index in [1.165, 1.54) is 0 Å². The van der Waals surface area contributed by atoms with Gasteiger partial charge in [-0.15, -0.1) is 0 Å². The Morgan fingerprint density at radius 1 is 0.905 bits per heavy atom. The monoisotopic (exact) mass is 285 g/mol. The van der Waals surface area contributed by atoms with Crippen LogP contribution in [-0.4, -0.2) is 41.0 Å². The van der Waals surface area contributed by atoms with Crippen molar-refractivity contribution in [2.45, 2.75) is 13.1 Å². The molecule has 0 fully saturated rings. The van der Waals surface area contributed by atoms with Crippen LogP contribution in [0.25, 0.3) is 0 Å². The van der Waals surface area contributed by atoms with Gasteiger partial charge in [-0.25, -0.2) is 0 Å². The van der Waals surface area contributed by atoms with E-state index in [9.17, 15) is 0 Å². The van der Waals surface area contributed by atoms with Gasteiger partial charge in [-0.05, 0) is 24.3 Å². The third kappa shape index (κ3) is 5.99. The summed E-state index contributed by atoms with van der Waals surface area (Å²) in [5.41, 5.74) is 7.65. The number of hydrogen-bond acceptors (Lipinski definition) is 5. The van der Waals surface area contributed by atoms with E-state index >= 15 is 0 Å². The van der Waals surface area contributed by atoms with Crippen LogP contribution in [0.1, 0.15) is 11.4 Å². The number of nitrogens with one attached hydrogen (secondary N) is 1. The Labute approximate surface area is 126 Å². The van der Waals surface area contributed by atoms with Gasteiger partial charge in [0.05, 0.1) is 11.4 Å². The summed E-state index contributed by atoms with van der Waals surface area (Å²) >= 11 is 0. The second-order valence-electron chi connectivity index (χ2n) is 4.89. The smallest absolute Gasteiger partial charge is 0.0544 e.